The number of anilines is 1. The fourth-order valence-corrected chi connectivity index (χ4v) is 2.48. The molecule has 0 unspecified atom stereocenters. The molecule has 0 fully saturated rings. The van der Waals surface area contributed by atoms with Crippen LogP contribution in [0, 0.1) is 6.92 Å². The van der Waals surface area contributed by atoms with Gasteiger partial charge in [0.2, 0.25) is 0 Å². The van der Waals surface area contributed by atoms with Crippen molar-refractivity contribution in [2.45, 2.75) is 13.1 Å². The van der Waals surface area contributed by atoms with Crippen LogP contribution in [0.5, 0.6) is 0 Å². The summed E-state index contributed by atoms with van der Waals surface area (Å²) in [5.41, 5.74) is 3.25. The van der Waals surface area contributed by atoms with Crippen molar-refractivity contribution < 1.29 is 18.0 Å². The van der Waals surface area contributed by atoms with Gasteiger partial charge in [-0.15, -0.1) is 0 Å². The van der Waals surface area contributed by atoms with Crippen molar-refractivity contribution in [3.63, 3.8) is 0 Å². The molecule has 26 heavy (non-hydrogen) atoms. The summed E-state index contributed by atoms with van der Waals surface area (Å²) in [6.45, 7) is 1.67. The summed E-state index contributed by atoms with van der Waals surface area (Å²) < 4.78 is 36.7. The van der Waals surface area contributed by atoms with Crippen molar-refractivity contribution in [2.24, 2.45) is 0 Å². The first kappa shape index (κ1) is 17.6. The lowest BCUT2D eigenvalue weighted by atomic mass is 10.0. The monoisotopic (exact) mass is 357 g/mol. The van der Waals surface area contributed by atoms with E-state index in [2.05, 4.69) is 15.3 Å². The van der Waals surface area contributed by atoms with Gasteiger partial charge in [-0.2, -0.15) is 13.2 Å². The second kappa shape index (κ2) is 6.95. The third kappa shape index (κ3) is 4.24. The number of aryl methyl sites for hydroxylation is 1. The van der Waals surface area contributed by atoms with Gasteiger partial charge < -0.3 is 5.32 Å². The van der Waals surface area contributed by atoms with Gasteiger partial charge in [0.25, 0.3) is 5.91 Å². The second-order valence-electron chi connectivity index (χ2n) is 5.66. The van der Waals surface area contributed by atoms with Crippen molar-refractivity contribution in [3.8, 4) is 0 Å². The number of carbonyl (C=O) groups is 1. The Labute approximate surface area is 147 Å². The highest BCUT2D eigenvalue weighted by Crippen LogP contribution is 2.21. The average Bonchev–Trinajstić information content (AvgIpc) is 2.59. The van der Waals surface area contributed by atoms with Crippen LogP contribution in [-0.2, 0) is 0 Å². The average molecular weight is 357 g/mol. The molecule has 0 saturated carbocycles. The van der Waals surface area contributed by atoms with Crippen molar-refractivity contribution >= 4 is 28.7 Å². The van der Waals surface area contributed by atoms with E-state index in [0.717, 1.165) is 6.08 Å². The van der Waals surface area contributed by atoms with Crippen LogP contribution in [0.1, 0.15) is 21.5 Å². The normalized spacial score (nSPS) is 11.8. The fraction of sp³-hybridized carbons (Fsp3) is 0.105. The van der Waals surface area contributed by atoms with E-state index in [4.69, 9.17) is 0 Å². The van der Waals surface area contributed by atoms with Crippen LogP contribution in [-0.4, -0.2) is 22.1 Å². The van der Waals surface area contributed by atoms with Gasteiger partial charge in [-0.05, 0) is 42.3 Å². The van der Waals surface area contributed by atoms with Crippen LogP contribution in [0.2, 0.25) is 0 Å². The molecular formula is C19H14F3N3O. The molecule has 0 aliphatic carbocycles. The largest absolute Gasteiger partial charge is 0.409 e. The molecule has 0 aliphatic rings. The van der Waals surface area contributed by atoms with E-state index < -0.39 is 6.18 Å². The topological polar surface area (TPSA) is 54.9 Å². The molecule has 0 saturated heterocycles. The number of nitrogens with one attached hydrogen (secondary N) is 1. The number of nitrogens with zero attached hydrogens (tertiary/aromatic N) is 2. The number of hydrogen-bond donors (Lipinski definition) is 1. The number of alkyl halides is 3. The molecule has 0 aliphatic heterocycles. The number of hydrogen-bond acceptors (Lipinski definition) is 3. The predicted molar refractivity (Wildman–Crippen MR) is 93.8 cm³/mol. The zero-order valence-electron chi connectivity index (χ0n) is 13.7. The summed E-state index contributed by atoms with van der Waals surface area (Å²) in [6.07, 6.45) is -0.0960. The van der Waals surface area contributed by atoms with Gasteiger partial charge in [0.1, 0.15) is 0 Å². The molecule has 7 heteroatoms. The van der Waals surface area contributed by atoms with Gasteiger partial charge in [0, 0.05) is 29.7 Å². The summed E-state index contributed by atoms with van der Waals surface area (Å²) in [4.78, 5) is 20.8. The first-order chi connectivity index (χ1) is 12.3. The smallest absolute Gasteiger partial charge is 0.322 e. The molecule has 0 atom stereocenters. The van der Waals surface area contributed by atoms with Crippen molar-refractivity contribution in [3.05, 3.63) is 71.6 Å². The zero-order chi connectivity index (χ0) is 18.7. The van der Waals surface area contributed by atoms with E-state index >= 15 is 0 Å². The summed E-state index contributed by atoms with van der Waals surface area (Å²) >= 11 is 0. The van der Waals surface area contributed by atoms with Crippen molar-refractivity contribution in [2.75, 3.05) is 5.32 Å². The number of amides is 1. The quantitative estimate of drug-likeness (QED) is 0.735. The number of halogens is 3. The maximum Gasteiger partial charge on any atom is 0.409 e. The zero-order valence-corrected chi connectivity index (χ0v) is 13.7. The molecule has 1 heterocycles. The lowest BCUT2D eigenvalue weighted by Gasteiger charge is -2.09. The third-order valence-corrected chi connectivity index (χ3v) is 3.69. The van der Waals surface area contributed by atoms with Crippen molar-refractivity contribution in [1.82, 2.24) is 9.97 Å². The van der Waals surface area contributed by atoms with Gasteiger partial charge in [-0.1, -0.05) is 18.2 Å². The molecule has 0 radical (unpaired) electrons. The standard InChI is InChI=1S/C19H14F3N3O/c1-12-10-13(6-7-19(20,21)22)2-4-15(12)18(26)25-14-3-5-16-17(11-14)24-9-8-23-16/h2-11H,1H3,(H,25,26). The van der Waals surface area contributed by atoms with Gasteiger partial charge >= 0.3 is 6.18 Å². The van der Waals surface area contributed by atoms with Crippen LogP contribution in [0.25, 0.3) is 17.1 Å². The number of carbonyl (C=O) groups excluding carboxylic acids is 1. The predicted octanol–water partition coefficient (Wildman–Crippen LogP) is 4.77. The molecular weight excluding hydrogens is 343 g/mol. The lowest BCUT2D eigenvalue weighted by Crippen LogP contribution is -2.13. The fourth-order valence-electron chi connectivity index (χ4n) is 2.48. The van der Waals surface area contributed by atoms with Crippen LogP contribution >= 0.6 is 0 Å². The lowest BCUT2D eigenvalue weighted by molar-refractivity contribution is -0.0790. The Morgan fingerprint density at radius 1 is 1.04 bits per heavy atom. The van der Waals surface area contributed by atoms with E-state index in [1.54, 1.807) is 37.5 Å². The molecule has 3 rings (SSSR count). The molecule has 3 aromatic rings. The summed E-state index contributed by atoms with van der Waals surface area (Å²) in [7, 11) is 0. The highest BCUT2D eigenvalue weighted by molar-refractivity contribution is 6.06. The maximum absolute atomic E-state index is 12.5. The van der Waals surface area contributed by atoms with Gasteiger partial charge in [0.05, 0.1) is 11.0 Å². The Morgan fingerprint density at radius 3 is 2.46 bits per heavy atom. The first-order valence-corrected chi connectivity index (χ1v) is 7.70. The Hall–Kier alpha value is -3.22. The van der Waals surface area contributed by atoms with Crippen molar-refractivity contribution in [1.29, 1.82) is 0 Å². The van der Waals surface area contributed by atoms with Crippen LogP contribution in [0.4, 0.5) is 18.9 Å². The minimum atomic E-state index is -4.37. The molecule has 4 nitrogen and oxygen atoms in total. The number of rotatable bonds is 3. The second-order valence-corrected chi connectivity index (χ2v) is 5.66. The minimum absolute atomic E-state index is 0.164. The SMILES string of the molecule is Cc1cc(C=CC(F)(F)F)ccc1C(=O)Nc1ccc2nccnc2c1. The van der Waals surface area contributed by atoms with E-state index in [-0.39, 0.29) is 12.0 Å². The van der Waals surface area contributed by atoms with Crippen LogP contribution in [0.15, 0.2) is 54.9 Å². The maximum atomic E-state index is 12.5. The minimum Gasteiger partial charge on any atom is -0.322 e. The first-order valence-electron chi connectivity index (χ1n) is 7.70. The number of benzene rings is 2. The number of allylic oxidation sites excluding steroid dienone is 1. The molecule has 2 aromatic carbocycles. The Balaban J connectivity index is 1.79. The summed E-state index contributed by atoms with van der Waals surface area (Å²) in [5, 5.41) is 2.76. The molecule has 0 bridgehead atoms. The molecule has 1 aromatic heterocycles. The molecule has 1 N–H and O–H groups in total. The summed E-state index contributed by atoms with van der Waals surface area (Å²) in [5.74, 6) is -0.350. The Bertz CT molecular complexity index is 997. The highest BCUT2D eigenvalue weighted by atomic mass is 19.4. The van der Waals surface area contributed by atoms with Crippen LogP contribution < -0.4 is 5.32 Å². The van der Waals surface area contributed by atoms with E-state index in [9.17, 15) is 18.0 Å². The van der Waals surface area contributed by atoms with Gasteiger partial charge in [-0.25, -0.2) is 0 Å². The van der Waals surface area contributed by atoms with Gasteiger partial charge in [0.15, 0.2) is 0 Å². The third-order valence-electron chi connectivity index (χ3n) is 3.69. The number of fused-ring (bicyclic) bond motifs is 1. The molecule has 0 spiro atoms. The van der Waals surface area contributed by atoms with E-state index in [1.165, 1.54) is 18.2 Å². The van der Waals surface area contributed by atoms with E-state index in [0.29, 0.717) is 33.4 Å². The molecule has 132 valence electrons. The highest BCUT2D eigenvalue weighted by Gasteiger charge is 2.21. The molecule has 1 amide bonds. The Morgan fingerprint density at radius 2 is 1.77 bits per heavy atom. The summed E-state index contributed by atoms with van der Waals surface area (Å²) in [6, 6.07) is 9.66. The van der Waals surface area contributed by atoms with E-state index in [1.807, 2.05) is 0 Å². The van der Waals surface area contributed by atoms with Gasteiger partial charge in [-0.3, -0.25) is 14.8 Å². The van der Waals surface area contributed by atoms with Crippen LogP contribution in [0.3, 0.4) is 0 Å². The Kier molecular flexibility index (Phi) is 4.71. The number of aromatic nitrogens is 2.